The molecule has 1 fully saturated rings. The van der Waals surface area contributed by atoms with Crippen molar-refractivity contribution in [1.82, 2.24) is 9.88 Å². The van der Waals surface area contributed by atoms with E-state index in [1.54, 1.807) is 24.4 Å². The smallest absolute Gasteiger partial charge is 0.335 e. The van der Waals surface area contributed by atoms with Crippen LogP contribution in [0.25, 0.3) is 11.1 Å². The number of carbonyl (C=O) groups is 2. The van der Waals surface area contributed by atoms with Gasteiger partial charge >= 0.3 is 5.97 Å². The van der Waals surface area contributed by atoms with E-state index in [1.807, 2.05) is 31.2 Å². The van der Waals surface area contributed by atoms with Gasteiger partial charge in [-0.3, -0.25) is 9.78 Å². The first-order chi connectivity index (χ1) is 24.0. The number of likely N-dealkylation sites (tertiary alicyclic amines) is 1. The predicted octanol–water partition coefficient (Wildman–Crippen LogP) is 5.41. The van der Waals surface area contributed by atoms with E-state index < -0.39 is 17.5 Å². The molecule has 1 aliphatic rings. The molecule has 12 heteroatoms. The van der Waals surface area contributed by atoms with Crippen LogP contribution in [0.2, 0.25) is 5.02 Å². The lowest BCUT2D eigenvalue weighted by atomic mass is 9.91. The van der Waals surface area contributed by atoms with Gasteiger partial charge in [0.15, 0.2) is 5.60 Å². The highest BCUT2D eigenvalue weighted by Gasteiger charge is 2.39. The third-order valence-corrected chi connectivity index (χ3v) is 9.47. The number of carboxylic acids is 1. The van der Waals surface area contributed by atoms with Gasteiger partial charge in [-0.25, -0.2) is 4.79 Å². The highest BCUT2D eigenvalue weighted by molar-refractivity contribution is 6.32. The van der Waals surface area contributed by atoms with Crippen LogP contribution in [0.5, 0.6) is 17.2 Å². The van der Waals surface area contributed by atoms with Crippen molar-refractivity contribution >= 4 is 23.5 Å². The molecule has 1 saturated heterocycles. The highest BCUT2D eigenvalue weighted by atomic mass is 35.5. The van der Waals surface area contributed by atoms with Gasteiger partial charge in [0.05, 0.1) is 17.2 Å². The number of carboxylic acid groups (broad SMARTS) is 1. The molecule has 1 aliphatic heterocycles. The number of benzene rings is 3. The van der Waals surface area contributed by atoms with Crippen LogP contribution in [0.15, 0.2) is 67.0 Å². The lowest BCUT2D eigenvalue weighted by Gasteiger charge is -2.35. The second-order valence-electron chi connectivity index (χ2n) is 12.5. The molecule has 0 atom stereocenters. The fourth-order valence-electron chi connectivity index (χ4n) is 6.02. The van der Waals surface area contributed by atoms with Gasteiger partial charge in [-0.2, -0.15) is 0 Å². The Labute approximate surface area is 296 Å². The second-order valence-corrected chi connectivity index (χ2v) is 12.9. The average molecular weight is 703 g/mol. The molecule has 0 saturated carbocycles. The number of rotatable bonds is 15. The maximum atomic E-state index is 11.5. The van der Waals surface area contributed by atoms with Gasteiger partial charge in [0, 0.05) is 55.8 Å². The highest BCUT2D eigenvalue weighted by Crippen LogP contribution is 2.36. The zero-order chi connectivity index (χ0) is 35.8. The van der Waals surface area contributed by atoms with E-state index >= 15 is 0 Å². The molecule has 0 aliphatic carbocycles. The third-order valence-electron chi connectivity index (χ3n) is 9.17. The quantitative estimate of drug-likeness (QED) is 0.117. The fraction of sp³-hybridized carbons (Fsp3) is 0.342. The van der Waals surface area contributed by atoms with Crippen molar-refractivity contribution in [2.45, 2.75) is 58.5 Å². The number of ether oxygens (including phenoxy) is 3. The summed E-state index contributed by atoms with van der Waals surface area (Å²) in [5.41, 5.74) is 16.6. The topological polar surface area (TPSA) is 170 Å². The van der Waals surface area contributed by atoms with Crippen LogP contribution in [-0.4, -0.2) is 63.8 Å². The van der Waals surface area contributed by atoms with Crippen LogP contribution >= 0.6 is 11.6 Å². The first-order valence-electron chi connectivity index (χ1n) is 16.5. The molecule has 4 aromatic rings. The van der Waals surface area contributed by atoms with Gasteiger partial charge in [-0.1, -0.05) is 41.9 Å². The number of aliphatic carboxylic acids is 1. The summed E-state index contributed by atoms with van der Waals surface area (Å²) in [6, 6.07) is 17.2. The molecule has 1 amide bonds. The van der Waals surface area contributed by atoms with Crippen LogP contribution in [-0.2, 0) is 24.6 Å². The zero-order valence-electron chi connectivity index (χ0n) is 28.3. The van der Waals surface area contributed by atoms with E-state index in [2.05, 4.69) is 28.9 Å². The first-order valence-corrected chi connectivity index (χ1v) is 16.9. The summed E-state index contributed by atoms with van der Waals surface area (Å²) in [4.78, 5) is 29.1. The van der Waals surface area contributed by atoms with E-state index in [1.165, 1.54) is 6.20 Å². The van der Waals surface area contributed by atoms with Crippen LogP contribution in [0, 0.1) is 13.8 Å². The summed E-state index contributed by atoms with van der Waals surface area (Å²) >= 11 is 6.60. The van der Waals surface area contributed by atoms with Crippen molar-refractivity contribution in [3.05, 3.63) is 105 Å². The number of aromatic nitrogens is 1. The van der Waals surface area contributed by atoms with Crippen LogP contribution in [0.3, 0.4) is 0 Å². The SMILES string of the molecule is Cc1c(COc2cc(OCc3cncc(C(N)=O)c3)c(CN)cc2Cl)cccc1-c1cccc(OCCCN2CCC(O)(C(=O)O)CC2)c1C. The van der Waals surface area contributed by atoms with Gasteiger partial charge in [-0.05, 0) is 79.1 Å². The molecule has 1 aromatic heterocycles. The van der Waals surface area contributed by atoms with Crippen LogP contribution in [0.1, 0.15) is 57.4 Å². The van der Waals surface area contributed by atoms with Crippen LogP contribution in [0.4, 0.5) is 0 Å². The number of nitrogens with zero attached hydrogens (tertiary/aromatic N) is 2. The van der Waals surface area contributed by atoms with Crippen molar-refractivity contribution in [1.29, 1.82) is 0 Å². The molecule has 0 radical (unpaired) electrons. The summed E-state index contributed by atoms with van der Waals surface area (Å²) in [7, 11) is 0. The number of amides is 1. The summed E-state index contributed by atoms with van der Waals surface area (Å²) in [6.07, 6.45) is 4.24. The number of hydrogen-bond acceptors (Lipinski definition) is 9. The summed E-state index contributed by atoms with van der Waals surface area (Å²) < 4.78 is 18.5. The van der Waals surface area contributed by atoms with Gasteiger partial charge in [-0.15, -0.1) is 0 Å². The van der Waals surface area contributed by atoms with E-state index in [9.17, 15) is 19.8 Å². The minimum atomic E-state index is -1.62. The Kier molecular flexibility index (Phi) is 12.0. The van der Waals surface area contributed by atoms with Crippen LogP contribution < -0.4 is 25.7 Å². The molecular formula is C38H43ClN4O7. The standard InChI is InChI=1S/C38H43ClN4O7/c1-24-27(23-50-35-18-34(28(19-40)17-32(35)39)49-22-26-16-29(36(41)44)21-42-20-26)6-3-7-30(24)31-8-4-9-33(25(31)2)48-15-5-12-43-13-10-38(47,11-14-43)37(45)46/h3-4,6-9,16-18,20-21,47H,5,10-15,19,22-23,40H2,1-2H3,(H2,41,44)(H,45,46). The fourth-order valence-corrected chi connectivity index (χ4v) is 6.26. The Morgan fingerprint density at radius 2 is 1.60 bits per heavy atom. The number of carbonyl (C=O) groups excluding carboxylic acids is 1. The lowest BCUT2D eigenvalue weighted by molar-refractivity contribution is -0.163. The normalized spacial score (nSPS) is 14.3. The van der Waals surface area contributed by atoms with E-state index in [-0.39, 0.29) is 32.6 Å². The summed E-state index contributed by atoms with van der Waals surface area (Å²) in [5, 5.41) is 19.8. The number of aliphatic hydroxyl groups is 1. The van der Waals surface area contributed by atoms with Crippen molar-refractivity contribution in [3.8, 4) is 28.4 Å². The Hall–Kier alpha value is -4.68. The summed E-state index contributed by atoms with van der Waals surface area (Å²) in [5.74, 6) is 0.0471. The number of primary amides is 1. The molecule has 6 N–H and O–H groups in total. The van der Waals surface area contributed by atoms with Gasteiger partial charge in [0.2, 0.25) is 5.91 Å². The minimum Gasteiger partial charge on any atom is -0.493 e. The molecule has 3 aromatic carbocycles. The lowest BCUT2D eigenvalue weighted by Crippen LogP contribution is -2.49. The monoisotopic (exact) mass is 702 g/mol. The molecule has 50 heavy (non-hydrogen) atoms. The van der Waals surface area contributed by atoms with E-state index in [0.717, 1.165) is 46.5 Å². The minimum absolute atomic E-state index is 0.143. The Morgan fingerprint density at radius 3 is 2.30 bits per heavy atom. The number of hydrogen-bond donors (Lipinski definition) is 4. The molecule has 0 spiro atoms. The number of nitrogens with two attached hydrogens (primary N) is 2. The molecule has 0 bridgehead atoms. The Morgan fingerprint density at radius 1 is 0.900 bits per heavy atom. The van der Waals surface area contributed by atoms with E-state index in [4.69, 9.17) is 37.3 Å². The van der Waals surface area contributed by atoms with Gasteiger partial charge in [0.25, 0.3) is 0 Å². The van der Waals surface area contributed by atoms with Crippen molar-refractivity contribution in [3.63, 3.8) is 0 Å². The predicted molar refractivity (Wildman–Crippen MR) is 190 cm³/mol. The number of pyridine rings is 1. The van der Waals surface area contributed by atoms with E-state index in [0.29, 0.717) is 52.9 Å². The van der Waals surface area contributed by atoms with Gasteiger partial charge in [0.1, 0.15) is 30.5 Å². The average Bonchev–Trinajstić information content (AvgIpc) is 3.11. The molecule has 264 valence electrons. The van der Waals surface area contributed by atoms with Crippen molar-refractivity contribution < 1.29 is 34.0 Å². The van der Waals surface area contributed by atoms with Crippen molar-refractivity contribution in [2.24, 2.45) is 11.5 Å². The maximum Gasteiger partial charge on any atom is 0.335 e. The first kappa shape index (κ1) is 36.6. The molecule has 5 rings (SSSR count). The second kappa shape index (κ2) is 16.4. The number of halogens is 1. The summed E-state index contributed by atoms with van der Waals surface area (Å²) in [6.45, 7) is 7.10. The molecule has 2 heterocycles. The molecule has 11 nitrogen and oxygen atoms in total. The Balaban J connectivity index is 1.22. The maximum absolute atomic E-state index is 11.5. The van der Waals surface area contributed by atoms with Gasteiger partial charge < -0.3 is 40.8 Å². The molecular weight excluding hydrogens is 660 g/mol. The zero-order valence-corrected chi connectivity index (χ0v) is 29.0. The Bertz CT molecular complexity index is 1840. The third kappa shape index (κ3) is 8.72. The number of piperidine rings is 1. The molecule has 0 unspecified atom stereocenters. The largest absolute Gasteiger partial charge is 0.493 e. The van der Waals surface area contributed by atoms with Crippen molar-refractivity contribution in [2.75, 3.05) is 26.2 Å².